The van der Waals surface area contributed by atoms with Crippen molar-refractivity contribution in [2.45, 2.75) is 52.9 Å². The van der Waals surface area contributed by atoms with Gasteiger partial charge >= 0.3 is 0 Å². The summed E-state index contributed by atoms with van der Waals surface area (Å²) in [7, 11) is 1.83. The van der Waals surface area contributed by atoms with E-state index < -0.39 is 0 Å². The maximum atomic E-state index is 5.44. The highest BCUT2D eigenvalue weighted by atomic mass is 127. The second-order valence-electron chi connectivity index (χ2n) is 7.16. The van der Waals surface area contributed by atoms with E-state index in [4.69, 9.17) is 4.74 Å². The predicted molar refractivity (Wildman–Crippen MR) is 120 cm³/mol. The van der Waals surface area contributed by atoms with Gasteiger partial charge in [-0.2, -0.15) is 0 Å². The monoisotopic (exact) mass is 474 g/mol. The number of rotatable bonds is 7. The molecule has 0 aliphatic carbocycles. The Hall–Kier alpha value is -0.860. The number of guanidine groups is 1. The van der Waals surface area contributed by atoms with E-state index in [2.05, 4.69) is 65.6 Å². The van der Waals surface area contributed by atoms with Crippen LogP contribution in [0.15, 0.2) is 29.3 Å². The molecule has 6 heteroatoms. The normalized spacial score (nSPS) is 20.9. The van der Waals surface area contributed by atoms with Gasteiger partial charge in [0.25, 0.3) is 0 Å². The minimum absolute atomic E-state index is 0. The van der Waals surface area contributed by atoms with Crippen molar-refractivity contribution in [3.05, 3.63) is 35.4 Å². The van der Waals surface area contributed by atoms with Crippen molar-refractivity contribution in [1.29, 1.82) is 0 Å². The van der Waals surface area contributed by atoms with E-state index in [1.807, 2.05) is 14.0 Å². The Bertz CT molecular complexity index is 547. The van der Waals surface area contributed by atoms with Crippen molar-refractivity contribution < 1.29 is 4.74 Å². The summed E-state index contributed by atoms with van der Waals surface area (Å²) >= 11 is 0. The number of benzene rings is 1. The lowest BCUT2D eigenvalue weighted by molar-refractivity contribution is 0.134. The molecule has 5 nitrogen and oxygen atoms in total. The summed E-state index contributed by atoms with van der Waals surface area (Å²) < 4.78 is 5.44. The summed E-state index contributed by atoms with van der Waals surface area (Å²) in [5.41, 5.74) is 2.45. The molecule has 2 rings (SSSR count). The maximum Gasteiger partial charge on any atom is 0.191 e. The Morgan fingerprint density at radius 3 is 2.42 bits per heavy atom. The van der Waals surface area contributed by atoms with Gasteiger partial charge in [0, 0.05) is 45.4 Å². The Morgan fingerprint density at radius 1 is 1.23 bits per heavy atom. The first-order valence-electron chi connectivity index (χ1n) is 9.40. The lowest BCUT2D eigenvalue weighted by Crippen LogP contribution is -2.46. The van der Waals surface area contributed by atoms with Gasteiger partial charge in [-0.3, -0.25) is 9.89 Å². The van der Waals surface area contributed by atoms with Crippen LogP contribution in [0.3, 0.4) is 0 Å². The molecule has 0 aromatic heterocycles. The SMILES string of the molecule is CCOCc1ccc(CNC(=NC)NC2CN(C(C)C)CC2C)cc1.I. The molecule has 0 amide bonds. The average Bonchev–Trinajstić information content (AvgIpc) is 2.98. The standard InChI is InChI=1S/C20H34N4O.HI/c1-6-25-14-18-9-7-17(8-10-18)11-22-20(21-5)23-19-13-24(15(2)3)12-16(19)4;/h7-10,15-16,19H,6,11-14H2,1-5H3,(H2,21,22,23);1H. The van der Waals surface area contributed by atoms with Crippen LogP contribution in [-0.4, -0.2) is 49.7 Å². The largest absolute Gasteiger partial charge is 0.377 e. The van der Waals surface area contributed by atoms with Crippen molar-refractivity contribution in [3.8, 4) is 0 Å². The highest BCUT2D eigenvalue weighted by Crippen LogP contribution is 2.18. The third kappa shape index (κ3) is 7.04. The molecule has 0 saturated carbocycles. The van der Waals surface area contributed by atoms with E-state index in [0.29, 0.717) is 24.6 Å². The minimum Gasteiger partial charge on any atom is -0.377 e. The number of hydrogen-bond acceptors (Lipinski definition) is 3. The summed E-state index contributed by atoms with van der Waals surface area (Å²) in [6, 6.07) is 9.59. The van der Waals surface area contributed by atoms with Gasteiger partial charge in [0.2, 0.25) is 0 Å². The van der Waals surface area contributed by atoms with E-state index in [-0.39, 0.29) is 24.0 Å². The molecule has 148 valence electrons. The van der Waals surface area contributed by atoms with E-state index in [0.717, 1.165) is 32.2 Å². The molecule has 0 bridgehead atoms. The third-order valence-corrected chi connectivity index (χ3v) is 4.87. The number of halogens is 1. The molecule has 1 heterocycles. The first kappa shape index (κ1) is 23.2. The van der Waals surface area contributed by atoms with Crippen LogP contribution in [0.5, 0.6) is 0 Å². The van der Waals surface area contributed by atoms with Crippen LogP contribution in [0.4, 0.5) is 0 Å². The minimum atomic E-state index is 0. The maximum absolute atomic E-state index is 5.44. The topological polar surface area (TPSA) is 48.9 Å². The van der Waals surface area contributed by atoms with Crippen molar-refractivity contribution in [2.75, 3.05) is 26.7 Å². The molecule has 1 aromatic rings. The fraction of sp³-hybridized carbons (Fsp3) is 0.650. The van der Waals surface area contributed by atoms with Crippen LogP contribution in [0.25, 0.3) is 0 Å². The number of nitrogens with one attached hydrogen (secondary N) is 2. The molecule has 1 aliphatic heterocycles. The lowest BCUT2D eigenvalue weighted by Gasteiger charge is -2.22. The number of likely N-dealkylation sites (tertiary alicyclic amines) is 1. The molecule has 0 radical (unpaired) electrons. The van der Waals surface area contributed by atoms with Gasteiger partial charge in [0.15, 0.2) is 5.96 Å². The Labute approximate surface area is 176 Å². The molecule has 2 unspecified atom stereocenters. The Balaban J connectivity index is 0.00000338. The molecule has 1 saturated heterocycles. The van der Waals surface area contributed by atoms with E-state index >= 15 is 0 Å². The zero-order valence-corrected chi connectivity index (χ0v) is 19.1. The summed E-state index contributed by atoms with van der Waals surface area (Å²) in [5, 5.41) is 7.02. The Kier molecular flexibility index (Phi) is 10.5. The first-order valence-corrected chi connectivity index (χ1v) is 9.40. The number of nitrogens with zero attached hydrogens (tertiary/aromatic N) is 2. The van der Waals surface area contributed by atoms with Crippen molar-refractivity contribution in [2.24, 2.45) is 10.9 Å². The van der Waals surface area contributed by atoms with Gasteiger partial charge in [-0.05, 0) is 37.8 Å². The van der Waals surface area contributed by atoms with E-state index in [1.165, 1.54) is 11.1 Å². The lowest BCUT2D eigenvalue weighted by atomic mass is 10.1. The number of aliphatic imine (C=N–C) groups is 1. The molecular formula is C20H35IN4O. The predicted octanol–water partition coefficient (Wildman–Crippen LogP) is 3.23. The average molecular weight is 474 g/mol. The van der Waals surface area contributed by atoms with Crippen LogP contribution in [0.2, 0.25) is 0 Å². The smallest absolute Gasteiger partial charge is 0.191 e. The zero-order valence-electron chi connectivity index (χ0n) is 16.8. The van der Waals surface area contributed by atoms with Crippen LogP contribution in [-0.2, 0) is 17.9 Å². The summed E-state index contributed by atoms with van der Waals surface area (Å²) in [6.07, 6.45) is 0. The molecule has 26 heavy (non-hydrogen) atoms. The van der Waals surface area contributed by atoms with Crippen LogP contribution < -0.4 is 10.6 Å². The number of ether oxygens (including phenoxy) is 1. The third-order valence-electron chi connectivity index (χ3n) is 4.87. The van der Waals surface area contributed by atoms with Gasteiger partial charge in [-0.15, -0.1) is 24.0 Å². The van der Waals surface area contributed by atoms with Crippen molar-refractivity contribution in [3.63, 3.8) is 0 Å². The fourth-order valence-electron chi connectivity index (χ4n) is 3.14. The Morgan fingerprint density at radius 2 is 1.88 bits per heavy atom. The summed E-state index contributed by atoms with van der Waals surface area (Å²) in [5.74, 6) is 1.50. The van der Waals surface area contributed by atoms with Crippen LogP contribution in [0.1, 0.15) is 38.8 Å². The van der Waals surface area contributed by atoms with E-state index in [1.54, 1.807) is 0 Å². The summed E-state index contributed by atoms with van der Waals surface area (Å²) in [6.45, 7) is 13.3. The van der Waals surface area contributed by atoms with E-state index in [9.17, 15) is 0 Å². The fourth-order valence-corrected chi connectivity index (χ4v) is 3.14. The molecule has 2 N–H and O–H groups in total. The highest BCUT2D eigenvalue weighted by molar-refractivity contribution is 14.0. The first-order chi connectivity index (χ1) is 12.0. The molecular weight excluding hydrogens is 439 g/mol. The van der Waals surface area contributed by atoms with Gasteiger partial charge in [0.05, 0.1) is 6.61 Å². The molecule has 1 aliphatic rings. The van der Waals surface area contributed by atoms with Gasteiger partial charge in [-0.1, -0.05) is 31.2 Å². The second-order valence-corrected chi connectivity index (χ2v) is 7.16. The highest BCUT2D eigenvalue weighted by Gasteiger charge is 2.31. The second kappa shape index (κ2) is 11.8. The van der Waals surface area contributed by atoms with Crippen LogP contribution >= 0.6 is 24.0 Å². The van der Waals surface area contributed by atoms with Crippen molar-refractivity contribution in [1.82, 2.24) is 15.5 Å². The molecule has 2 atom stereocenters. The summed E-state index contributed by atoms with van der Waals surface area (Å²) in [4.78, 5) is 6.91. The van der Waals surface area contributed by atoms with Crippen LogP contribution in [0, 0.1) is 5.92 Å². The molecule has 1 aromatic carbocycles. The van der Waals surface area contributed by atoms with Crippen molar-refractivity contribution >= 4 is 29.9 Å². The molecule has 0 spiro atoms. The van der Waals surface area contributed by atoms with Gasteiger partial charge in [-0.25, -0.2) is 0 Å². The van der Waals surface area contributed by atoms with Gasteiger partial charge in [0.1, 0.15) is 0 Å². The zero-order chi connectivity index (χ0) is 18.2. The quantitative estimate of drug-likeness (QED) is 0.362. The molecule has 1 fully saturated rings. The number of hydrogen-bond donors (Lipinski definition) is 2. The van der Waals surface area contributed by atoms with Gasteiger partial charge < -0.3 is 15.4 Å².